The first-order valence-electron chi connectivity index (χ1n) is 12.8. The minimum atomic E-state index is -3.99. The topological polar surface area (TPSA) is 109 Å². The van der Waals surface area contributed by atoms with E-state index >= 15 is 0 Å². The van der Waals surface area contributed by atoms with Crippen molar-refractivity contribution < 1.29 is 22.7 Å². The number of thiophene rings is 1. The first-order valence-corrected chi connectivity index (χ1v) is 15.0. The van der Waals surface area contributed by atoms with Crippen LogP contribution in [0.5, 0.6) is 11.5 Å². The molecule has 10 heteroatoms. The number of rotatable bonds is 7. The van der Waals surface area contributed by atoms with Crippen LogP contribution >= 0.6 is 11.3 Å². The number of hydrogen-bond acceptors (Lipinski definition) is 7. The largest absolute Gasteiger partial charge is 0.493 e. The van der Waals surface area contributed by atoms with Crippen LogP contribution in [0.15, 0.2) is 47.4 Å². The standard InChI is InChI=1S/C29H29N3O5S2/c1-36-24-16-19(12-13-27(33)31-29-22(18-30)21-9-4-3-5-11-25(21)38-29)17-26(28(24)37-2)39(34,35)32-15-14-20-8-6-7-10-23(20)32/h6-8,10,12-13,16-17H,3-5,9,11,14-15H2,1-2H3,(H,31,33)/b13-12+. The van der Waals surface area contributed by atoms with E-state index < -0.39 is 15.9 Å². The number of ether oxygens (including phenoxy) is 2. The number of nitrogens with one attached hydrogen (secondary N) is 1. The monoisotopic (exact) mass is 563 g/mol. The van der Waals surface area contributed by atoms with Crippen LogP contribution in [0.25, 0.3) is 6.08 Å². The summed E-state index contributed by atoms with van der Waals surface area (Å²) in [5.41, 5.74) is 3.65. The van der Waals surface area contributed by atoms with Crippen molar-refractivity contribution >= 4 is 44.0 Å². The van der Waals surface area contributed by atoms with Gasteiger partial charge >= 0.3 is 0 Å². The first-order chi connectivity index (χ1) is 18.9. The minimum absolute atomic E-state index is 0.0464. The van der Waals surface area contributed by atoms with Crippen molar-refractivity contribution in [2.45, 2.75) is 43.4 Å². The zero-order valence-corrected chi connectivity index (χ0v) is 23.5. The Hall–Kier alpha value is -3.81. The Labute approximate surface area is 232 Å². The molecule has 0 radical (unpaired) electrons. The van der Waals surface area contributed by atoms with Crippen LogP contribution in [-0.2, 0) is 34.1 Å². The highest BCUT2D eigenvalue weighted by molar-refractivity contribution is 7.93. The molecule has 1 aliphatic heterocycles. The quantitative estimate of drug-likeness (QED) is 0.308. The van der Waals surface area contributed by atoms with Gasteiger partial charge in [-0.1, -0.05) is 24.6 Å². The molecule has 0 saturated heterocycles. The number of carbonyl (C=O) groups excluding carboxylic acids is 1. The summed E-state index contributed by atoms with van der Waals surface area (Å²) in [5.74, 6) is -0.0716. The second kappa shape index (κ2) is 11.1. The molecule has 2 aromatic carbocycles. The molecule has 0 spiro atoms. The Morgan fingerprint density at radius 2 is 1.90 bits per heavy atom. The normalized spacial score (nSPS) is 14.8. The van der Waals surface area contributed by atoms with Crippen molar-refractivity contribution in [1.29, 1.82) is 5.26 Å². The number of fused-ring (bicyclic) bond motifs is 2. The van der Waals surface area contributed by atoms with Gasteiger partial charge in [-0.05, 0) is 73.1 Å². The van der Waals surface area contributed by atoms with Gasteiger partial charge in [0, 0.05) is 17.5 Å². The highest BCUT2D eigenvalue weighted by atomic mass is 32.2. The molecule has 1 aromatic heterocycles. The van der Waals surface area contributed by atoms with Crippen molar-refractivity contribution in [3.8, 4) is 17.6 Å². The van der Waals surface area contributed by atoms with Gasteiger partial charge in [-0.15, -0.1) is 11.3 Å². The fourth-order valence-corrected chi connectivity index (χ4v) is 8.14. The number of carbonyl (C=O) groups is 1. The Kier molecular flexibility index (Phi) is 7.64. The molecule has 2 heterocycles. The summed E-state index contributed by atoms with van der Waals surface area (Å²) in [7, 11) is -1.16. The number of nitriles is 1. The summed E-state index contributed by atoms with van der Waals surface area (Å²) < 4.78 is 40.0. The van der Waals surface area contributed by atoms with Crippen LogP contribution in [0.3, 0.4) is 0 Å². The van der Waals surface area contributed by atoms with Crippen LogP contribution in [0.4, 0.5) is 10.7 Å². The lowest BCUT2D eigenvalue weighted by molar-refractivity contribution is -0.111. The molecule has 0 unspecified atom stereocenters. The van der Waals surface area contributed by atoms with E-state index in [0.717, 1.165) is 43.2 Å². The Morgan fingerprint density at radius 1 is 1.10 bits per heavy atom. The Bertz CT molecular complexity index is 1600. The van der Waals surface area contributed by atoms with Crippen molar-refractivity contribution in [3.05, 3.63) is 69.6 Å². The van der Waals surface area contributed by atoms with E-state index in [1.165, 1.54) is 53.0 Å². The summed E-state index contributed by atoms with van der Waals surface area (Å²) in [6.45, 7) is 0.321. The Balaban J connectivity index is 1.44. The molecule has 0 saturated carbocycles. The van der Waals surface area contributed by atoms with Gasteiger partial charge in [0.25, 0.3) is 10.0 Å². The number of sulfonamides is 1. The summed E-state index contributed by atoms with van der Waals surface area (Å²) in [6.07, 6.45) is 8.51. The van der Waals surface area contributed by atoms with Crippen LogP contribution in [0, 0.1) is 11.3 Å². The lowest BCUT2D eigenvalue weighted by atomic mass is 10.1. The van der Waals surface area contributed by atoms with E-state index in [4.69, 9.17) is 9.47 Å². The maximum Gasteiger partial charge on any atom is 0.268 e. The van der Waals surface area contributed by atoms with Gasteiger partial charge in [0.2, 0.25) is 5.91 Å². The van der Waals surface area contributed by atoms with E-state index in [1.807, 2.05) is 18.2 Å². The zero-order valence-electron chi connectivity index (χ0n) is 21.8. The summed E-state index contributed by atoms with van der Waals surface area (Å²) >= 11 is 1.47. The van der Waals surface area contributed by atoms with Gasteiger partial charge in [-0.3, -0.25) is 9.10 Å². The second-order valence-electron chi connectivity index (χ2n) is 9.41. The van der Waals surface area contributed by atoms with Gasteiger partial charge in [-0.2, -0.15) is 5.26 Å². The number of benzene rings is 2. The maximum absolute atomic E-state index is 13.8. The lowest BCUT2D eigenvalue weighted by Gasteiger charge is -2.22. The fraction of sp³-hybridized carbons (Fsp3) is 0.310. The van der Waals surface area contributed by atoms with E-state index in [-0.39, 0.29) is 16.4 Å². The van der Waals surface area contributed by atoms with Crippen LogP contribution < -0.4 is 19.1 Å². The molecule has 0 atom stereocenters. The molecule has 39 heavy (non-hydrogen) atoms. The third-order valence-corrected chi connectivity index (χ3v) is 10.1. The van der Waals surface area contributed by atoms with Crippen molar-refractivity contribution in [1.82, 2.24) is 0 Å². The molecule has 5 rings (SSSR count). The molecule has 0 bridgehead atoms. The first kappa shape index (κ1) is 26.8. The number of amides is 1. The summed E-state index contributed by atoms with van der Waals surface area (Å²) in [4.78, 5) is 14.0. The van der Waals surface area contributed by atoms with E-state index in [1.54, 1.807) is 12.1 Å². The zero-order chi connectivity index (χ0) is 27.6. The van der Waals surface area contributed by atoms with E-state index in [2.05, 4.69) is 11.4 Å². The molecule has 1 amide bonds. The fourth-order valence-electron chi connectivity index (χ4n) is 5.19. The summed E-state index contributed by atoms with van der Waals surface area (Å²) in [6, 6.07) is 12.8. The van der Waals surface area contributed by atoms with Crippen LogP contribution in [0.1, 0.15) is 46.4 Å². The molecule has 1 N–H and O–H groups in total. The average Bonchev–Trinajstić information content (AvgIpc) is 3.44. The highest BCUT2D eigenvalue weighted by Gasteiger charge is 2.34. The smallest absolute Gasteiger partial charge is 0.268 e. The molecule has 1 aliphatic carbocycles. The molecular weight excluding hydrogens is 534 g/mol. The number of para-hydroxylation sites is 1. The average molecular weight is 564 g/mol. The molecule has 0 fully saturated rings. The third-order valence-electron chi connectivity index (χ3n) is 7.08. The maximum atomic E-state index is 13.8. The number of anilines is 2. The minimum Gasteiger partial charge on any atom is -0.493 e. The predicted molar refractivity (Wildman–Crippen MR) is 152 cm³/mol. The summed E-state index contributed by atoms with van der Waals surface area (Å²) in [5, 5.41) is 13.1. The molecule has 3 aromatic rings. The Morgan fingerprint density at radius 3 is 2.67 bits per heavy atom. The second-order valence-corrected chi connectivity index (χ2v) is 12.3. The molecular formula is C29H29N3O5S2. The molecule has 2 aliphatic rings. The number of nitrogens with zero attached hydrogens (tertiary/aromatic N) is 2. The highest BCUT2D eigenvalue weighted by Crippen LogP contribution is 2.41. The van der Waals surface area contributed by atoms with Gasteiger partial charge < -0.3 is 14.8 Å². The van der Waals surface area contributed by atoms with Crippen LogP contribution in [-0.4, -0.2) is 35.1 Å². The van der Waals surface area contributed by atoms with Gasteiger partial charge in [-0.25, -0.2) is 8.42 Å². The lowest BCUT2D eigenvalue weighted by Crippen LogP contribution is -2.29. The van der Waals surface area contributed by atoms with Gasteiger partial charge in [0.15, 0.2) is 11.5 Å². The number of methoxy groups -OCH3 is 2. The van der Waals surface area contributed by atoms with E-state index in [9.17, 15) is 18.5 Å². The molecule has 8 nitrogen and oxygen atoms in total. The third kappa shape index (κ3) is 5.12. The van der Waals surface area contributed by atoms with Gasteiger partial charge in [0.05, 0.1) is 25.5 Å². The predicted octanol–water partition coefficient (Wildman–Crippen LogP) is 5.31. The van der Waals surface area contributed by atoms with E-state index in [0.29, 0.717) is 34.8 Å². The van der Waals surface area contributed by atoms with Crippen molar-refractivity contribution in [2.75, 3.05) is 30.4 Å². The SMILES string of the molecule is COc1cc(/C=C/C(=O)Nc2sc3c(c2C#N)CCCCC3)cc(S(=O)(=O)N2CCc3ccccc32)c1OC. The number of aryl methyl sites for hydroxylation is 1. The van der Waals surface area contributed by atoms with Crippen LogP contribution in [0.2, 0.25) is 0 Å². The van der Waals surface area contributed by atoms with Crippen molar-refractivity contribution in [2.24, 2.45) is 0 Å². The van der Waals surface area contributed by atoms with Gasteiger partial charge in [0.1, 0.15) is 16.0 Å². The van der Waals surface area contributed by atoms with Crippen molar-refractivity contribution in [3.63, 3.8) is 0 Å². The molecule has 202 valence electrons. The number of hydrogen-bond donors (Lipinski definition) is 1.